The lowest BCUT2D eigenvalue weighted by molar-refractivity contribution is 0.104. The molecule has 17 heavy (non-hydrogen) atoms. The highest BCUT2D eigenvalue weighted by atomic mass is 79.9. The van der Waals surface area contributed by atoms with Gasteiger partial charge in [0.2, 0.25) is 5.78 Å². The third-order valence-corrected chi connectivity index (χ3v) is 5.13. The molecular weight excluding hydrogens is 324 g/mol. The Kier molecular flexibility index (Phi) is 3.48. The number of ketones is 1. The molecular formula is C12H10BrClO2S. The molecule has 0 saturated carbocycles. The van der Waals surface area contributed by atoms with Gasteiger partial charge in [-0.25, -0.2) is 0 Å². The summed E-state index contributed by atoms with van der Waals surface area (Å²) >= 11 is 10.5. The van der Waals surface area contributed by atoms with E-state index in [4.69, 9.17) is 16.0 Å². The van der Waals surface area contributed by atoms with Crippen molar-refractivity contribution in [1.29, 1.82) is 0 Å². The van der Waals surface area contributed by atoms with Crippen LogP contribution in [0.15, 0.2) is 15.0 Å². The molecule has 2 heterocycles. The van der Waals surface area contributed by atoms with Gasteiger partial charge in [-0.1, -0.05) is 11.6 Å². The smallest absolute Gasteiger partial charge is 0.206 e. The minimum atomic E-state index is -0.0329. The first-order chi connectivity index (χ1) is 7.91. The third kappa shape index (κ3) is 2.21. The molecule has 0 aliphatic heterocycles. The first kappa shape index (κ1) is 12.9. The van der Waals surface area contributed by atoms with E-state index in [1.54, 1.807) is 13.0 Å². The predicted octanol–water partition coefficient (Wildman–Crippen LogP) is 4.91. The molecule has 0 radical (unpaired) electrons. The molecule has 0 aliphatic carbocycles. The van der Waals surface area contributed by atoms with Crippen LogP contribution in [0.2, 0.25) is 4.34 Å². The molecule has 0 aliphatic rings. The van der Waals surface area contributed by atoms with Crippen LogP contribution >= 0.6 is 38.9 Å². The minimum absolute atomic E-state index is 0.0329. The van der Waals surface area contributed by atoms with Gasteiger partial charge in [-0.3, -0.25) is 4.79 Å². The van der Waals surface area contributed by atoms with Gasteiger partial charge in [0.25, 0.3) is 0 Å². The Hall–Kier alpha value is -0.580. The molecule has 2 nitrogen and oxygen atoms in total. The van der Waals surface area contributed by atoms with Crippen molar-refractivity contribution in [2.45, 2.75) is 20.8 Å². The lowest BCUT2D eigenvalue weighted by atomic mass is 10.1. The standard InChI is InChI=1S/C12H10BrClO2S/c1-5-6(2)16-7(3)10(5)11(15)9-4-8(13)12(14)17-9/h4H,1-3H3. The largest absolute Gasteiger partial charge is 0.466 e. The predicted molar refractivity (Wildman–Crippen MR) is 73.4 cm³/mol. The van der Waals surface area contributed by atoms with Crippen LogP contribution in [0, 0.1) is 20.8 Å². The van der Waals surface area contributed by atoms with Gasteiger partial charge in [-0.15, -0.1) is 11.3 Å². The van der Waals surface area contributed by atoms with Crippen LogP contribution in [0.25, 0.3) is 0 Å². The molecule has 2 rings (SSSR count). The van der Waals surface area contributed by atoms with Crippen molar-refractivity contribution in [3.63, 3.8) is 0 Å². The van der Waals surface area contributed by atoms with E-state index >= 15 is 0 Å². The number of thiophene rings is 1. The van der Waals surface area contributed by atoms with Gasteiger partial charge in [0.1, 0.15) is 15.9 Å². The van der Waals surface area contributed by atoms with Crippen molar-refractivity contribution in [2.24, 2.45) is 0 Å². The minimum Gasteiger partial charge on any atom is -0.466 e. The number of carbonyl (C=O) groups excluding carboxylic acids is 1. The molecule has 0 N–H and O–H groups in total. The fourth-order valence-corrected chi connectivity index (χ4v) is 3.36. The summed E-state index contributed by atoms with van der Waals surface area (Å²) in [5, 5.41) is 0. The zero-order valence-electron chi connectivity index (χ0n) is 9.56. The maximum atomic E-state index is 12.3. The Labute approximate surface area is 117 Å². The average molecular weight is 334 g/mol. The molecule has 5 heteroatoms. The highest BCUT2D eigenvalue weighted by Gasteiger charge is 2.22. The van der Waals surface area contributed by atoms with E-state index in [0.717, 1.165) is 15.8 Å². The number of rotatable bonds is 2. The summed E-state index contributed by atoms with van der Waals surface area (Å²) in [5.74, 6) is 1.41. The fraction of sp³-hybridized carbons (Fsp3) is 0.250. The van der Waals surface area contributed by atoms with Crippen LogP contribution in [0.1, 0.15) is 32.3 Å². The zero-order valence-corrected chi connectivity index (χ0v) is 12.7. The van der Waals surface area contributed by atoms with Crippen LogP contribution in [-0.2, 0) is 0 Å². The van der Waals surface area contributed by atoms with Gasteiger partial charge >= 0.3 is 0 Å². The van der Waals surface area contributed by atoms with E-state index in [0.29, 0.717) is 20.5 Å². The van der Waals surface area contributed by atoms with E-state index < -0.39 is 0 Å². The fourth-order valence-electron chi connectivity index (χ4n) is 1.71. The van der Waals surface area contributed by atoms with Crippen molar-refractivity contribution in [1.82, 2.24) is 0 Å². The van der Waals surface area contributed by atoms with E-state index in [1.807, 2.05) is 13.8 Å². The van der Waals surface area contributed by atoms with Crippen molar-refractivity contribution in [3.05, 3.63) is 42.4 Å². The van der Waals surface area contributed by atoms with Gasteiger partial charge < -0.3 is 4.42 Å². The number of furan rings is 1. The lowest BCUT2D eigenvalue weighted by Crippen LogP contribution is -2.01. The van der Waals surface area contributed by atoms with Gasteiger partial charge in [0.05, 0.1) is 10.4 Å². The number of aryl methyl sites for hydroxylation is 2. The summed E-state index contributed by atoms with van der Waals surface area (Å²) < 4.78 is 6.80. The highest BCUT2D eigenvalue weighted by Crippen LogP contribution is 2.34. The van der Waals surface area contributed by atoms with Crippen LogP contribution in [0.4, 0.5) is 0 Å². The van der Waals surface area contributed by atoms with Crippen LogP contribution in [0.5, 0.6) is 0 Å². The number of hydrogen-bond donors (Lipinski definition) is 0. The second-order valence-corrected chi connectivity index (χ2v) is 6.28. The Morgan fingerprint density at radius 3 is 2.41 bits per heavy atom. The molecule has 0 aromatic carbocycles. The number of hydrogen-bond acceptors (Lipinski definition) is 3. The second-order valence-electron chi connectivity index (χ2n) is 3.78. The highest BCUT2D eigenvalue weighted by molar-refractivity contribution is 9.10. The molecule has 0 fully saturated rings. The van der Waals surface area contributed by atoms with Gasteiger partial charge in [0, 0.05) is 10.0 Å². The molecule has 0 atom stereocenters. The number of halogens is 2. The normalized spacial score (nSPS) is 10.9. The molecule has 0 unspecified atom stereocenters. The Balaban J connectivity index is 2.50. The Morgan fingerprint density at radius 1 is 1.35 bits per heavy atom. The summed E-state index contributed by atoms with van der Waals surface area (Å²) in [4.78, 5) is 13.0. The van der Waals surface area contributed by atoms with Crippen molar-refractivity contribution in [3.8, 4) is 0 Å². The van der Waals surface area contributed by atoms with Crippen LogP contribution < -0.4 is 0 Å². The molecule has 2 aromatic rings. The van der Waals surface area contributed by atoms with E-state index in [9.17, 15) is 4.79 Å². The molecule has 0 bridgehead atoms. The topological polar surface area (TPSA) is 30.2 Å². The van der Waals surface area contributed by atoms with Gasteiger partial charge in [-0.05, 0) is 42.8 Å². The van der Waals surface area contributed by atoms with E-state index in [-0.39, 0.29) is 5.78 Å². The first-order valence-electron chi connectivity index (χ1n) is 4.98. The van der Waals surface area contributed by atoms with Gasteiger partial charge in [-0.2, -0.15) is 0 Å². The van der Waals surface area contributed by atoms with Crippen molar-refractivity contribution in [2.75, 3.05) is 0 Å². The molecule has 0 amide bonds. The monoisotopic (exact) mass is 332 g/mol. The Bertz CT molecular complexity index is 578. The maximum absolute atomic E-state index is 12.3. The lowest BCUT2D eigenvalue weighted by Gasteiger charge is -1.97. The van der Waals surface area contributed by atoms with Crippen molar-refractivity contribution < 1.29 is 9.21 Å². The summed E-state index contributed by atoms with van der Waals surface area (Å²) in [6.45, 7) is 5.55. The SMILES string of the molecule is Cc1oc(C)c(C(=O)c2cc(Br)c(Cl)s2)c1C. The van der Waals surface area contributed by atoms with E-state index in [2.05, 4.69) is 15.9 Å². The second kappa shape index (κ2) is 4.59. The number of carbonyl (C=O) groups is 1. The third-order valence-electron chi connectivity index (χ3n) is 2.66. The van der Waals surface area contributed by atoms with Crippen LogP contribution in [0.3, 0.4) is 0 Å². The molecule has 90 valence electrons. The Morgan fingerprint density at radius 2 is 2.00 bits per heavy atom. The van der Waals surface area contributed by atoms with Crippen molar-refractivity contribution >= 4 is 44.7 Å². The quantitative estimate of drug-likeness (QED) is 0.731. The summed E-state index contributed by atoms with van der Waals surface area (Å²) in [6, 6.07) is 1.75. The van der Waals surface area contributed by atoms with E-state index in [1.165, 1.54) is 11.3 Å². The zero-order chi connectivity index (χ0) is 12.7. The summed E-state index contributed by atoms with van der Waals surface area (Å²) in [6.07, 6.45) is 0. The van der Waals surface area contributed by atoms with Gasteiger partial charge in [0.15, 0.2) is 0 Å². The van der Waals surface area contributed by atoms with Crippen LogP contribution in [-0.4, -0.2) is 5.78 Å². The maximum Gasteiger partial charge on any atom is 0.206 e. The first-order valence-corrected chi connectivity index (χ1v) is 6.96. The summed E-state index contributed by atoms with van der Waals surface area (Å²) in [5.41, 5.74) is 1.54. The molecule has 2 aromatic heterocycles. The average Bonchev–Trinajstić information content (AvgIpc) is 2.70. The molecule has 0 saturated heterocycles. The molecule has 0 spiro atoms. The summed E-state index contributed by atoms with van der Waals surface area (Å²) in [7, 11) is 0.